The monoisotopic (exact) mass is 344 g/mol. The van der Waals surface area contributed by atoms with Gasteiger partial charge in [0.05, 0.1) is 12.7 Å². The molecule has 2 saturated heterocycles. The van der Waals surface area contributed by atoms with Gasteiger partial charge in [-0.15, -0.1) is 0 Å². The SMILES string of the molecule is CC(C)(C)[Si](C)(C)OC[C@H]1O[C@@H](N2CCC(=O)NC2=O)C[C@@H]1O. The maximum atomic E-state index is 11.9. The molecule has 23 heavy (non-hydrogen) atoms. The number of nitrogens with one attached hydrogen (secondary N) is 1. The Balaban J connectivity index is 1.91. The molecule has 0 aromatic carbocycles. The van der Waals surface area contributed by atoms with E-state index in [9.17, 15) is 14.7 Å². The van der Waals surface area contributed by atoms with Crippen molar-refractivity contribution in [2.24, 2.45) is 0 Å². The van der Waals surface area contributed by atoms with Gasteiger partial charge in [-0.25, -0.2) is 4.79 Å². The van der Waals surface area contributed by atoms with Crippen molar-refractivity contribution in [3.8, 4) is 0 Å². The smallest absolute Gasteiger partial charge is 0.326 e. The van der Waals surface area contributed by atoms with Gasteiger partial charge in [0, 0.05) is 19.4 Å². The maximum absolute atomic E-state index is 11.9. The molecular weight excluding hydrogens is 316 g/mol. The van der Waals surface area contributed by atoms with Crippen LogP contribution >= 0.6 is 0 Å². The Hall–Kier alpha value is -0.963. The molecule has 2 rings (SSSR count). The average molecular weight is 344 g/mol. The number of ether oxygens (including phenoxy) is 1. The van der Waals surface area contributed by atoms with Crippen LogP contribution in [0.5, 0.6) is 0 Å². The first-order chi connectivity index (χ1) is 10.5. The first-order valence-electron chi connectivity index (χ1n) is 8.09. The van der Waals surface area contributed by atoms with E-state index in [-0.39, 0.29) is 17.4 Å². The van der Waals surface area contributed by atoms with Crippen molar-refractivity contribution in [2.75, 3.05) is 13.2 Å². The molecule has 0 saturated carbocycles. The highest BCUT2D eigenvalue weighted by Gasteiger charge is 2.43. The maximum Gasteiger partial charge on any atom is 0.326 e. The molecule has 0 bridgehead atoms. The topological polar surface area (TPSA) is 88.1 Å². The third kappa shape index (κ3) is 4.12. The molecule has 2 N–H and O–H groups in total. The van der Waals surface area contributed by atoms with Crippen molar-refractivity contribution in [2.45, 2.75) is 70.2 Å². The number of aliphatic hydroxyl groups excluding tert-OH is 1. The van der Waals surface area contributed by atoms with Gasteiger partial charge >= 0.3 is 6.03 Å². The highest BCUT2D eigenvalue weighted by Crippen LogP contribution is 2.37. The van der Waals surface area contributed by atoms with Gasteiger partial charge in [0.1, 0.15) is 12.3 Å². The summed E-state index contributed by atoms with van der Waals surface area (Å²) < 4.78 is 11.9. The van der Waals surface area contributed by atoms with E-state index < -0.39 is 32.8 Å². The molecule has 2 heterocycles. The number of aliphatic hydroxyl groups is 1. The fraction of sp³-hybridized carbons (Fsp3) is 0.867. The van der Waals surface area contributed by atoms with E-state index in [1.807, 2.05) is 0 Å². The van der Waals surface area contributed by atoms with Crippen molar-refractivity contribution < 1.29 is 23.9 Å². The zero-order valence-corrected chi connectivity index (χ0v) is 15.6. The van der Waals surface area contributed by atoms with Crippen LogP contribution in [0, 0.1) is 0 Å². The van der Waals surface area contributed by atoms with Crippen molar-refractivity contribution in [1.82, 2.24) is 10.2 Å². The van der Waals surface area contributed by atoms with Gasteiger partial charge in [0.2, 0.25) is 5.91 Å². The van der Waals surface area contributed by atoms with E-state index in [0.29, 0.717) is 19.6 Å². The number of urea groups is 1. The summed E-state index contributed by atoms with van der Waals surface area (Å²) in [4.78, 5) is 24.5. The Bertz CT molecular complexity index is 477. The highest BCUT2D eigenvalue weighted by atomic mass is 28.4. The van der Waals surface area contributed by atoms with E-state index in [1.54, 1.807) is 0 Å². The number of amides is 3. The van der Waals surface area contributed by atoms with Gasteiger partial charge in [-0.1, -0.05) is 20.8 Å². The lowest BCUT2D eigenvalue weighted by Gasteiger charge is -2.37. The second-order valence-electron chi connectivity index (χ2n) is 7.80. The van der Waals surface area contributed by atoms with E-state index in [1.165, 1.54) is 4.90 Å². The van der Waals surface area contributed by atoms with Gasteiger partial charge in [-0.2, -0.15) is 0 Å². The van der Waals surface area contributed by atoms with Crippen molar-refractivity contribution in [3.05, 3.63) is 0 Å². The lowest BCUT2D eigenvalue weighted by Crippen LogP contribution is -2.53. The second kappa shape index (κ2) is 6.50. The Morgan fingerprint density at radius 3 is 2.61 bits per heavy atom. The minimum atomic E-state index is -1.91. The molecule has 7 nitrogen and oxygen atoms in total. The molecule has 2 aliphatic rings. The quantitative estimate of drug-likeness (QED) is 0.753. The summed E-state index contributed by atoms with van der Waals surface area (Å²) in [6.07, 6.45) is -1.03. The molecule has 0 aromatic heterocycles. The van der Waals surface area contributed by atoms with Crippen LogP contribution in [0.4, 0.5) is 4.79 Å². The van der Waals surface area contributed by atoms with Gasteiger partial charge in [0.25, 0.3) is 0 Å². The van der Waals surface area contributed by atoms with Gasteiger partial charge in [-0.3, -0.25) is 15.0 Å². The number of hydrogen-bond acceptors (Lipinski definition) is 5. The first kappa shape index (κ1) is 18.4. The Kier molecular flexibility index (Phi) is 5.20. The molecule has 0 aliphatic carbocycles. The van der Waals surface area contributed by atoms with E-state index in [0.717, 1.165) is 0 Å². The number of hydrogen-bond donors (Lipinski definition) is 2. The minimum absolute atomic E-state index is 0.0864. The largest absolute Gasteiger partial charge is 0.414 e. The molecular formula is C15H28N2O5Si. The molecule has 2 aliphatic heterocycles. The molecule has 0 unspecified atom stereocenters. The zero-order chi connectivity index (χ0) is 17.4. The van der Waals surface area contributed by atoms with Crippen molar-refractivity contribution in [3.63, 3.8) is 0 Å². The molecule has 8 heteroatoms. The van der Waals surface area contributed by atoms with E-state index in [2.05, 4.69) is 39.2 Å². The Labute approximate surface area is 138 Å². The highest BCUT2D eigenvalue weighted by molar-refractivity contribution is 6.74. The molecule has 3 atom stereocenters. The number of carbonyl (C=O) groups is 2. The molecule has 2 fully saturated rings. The van der Waals surface area contributed by atoms with Crippen LogP contribution in [0.15, 0.2) is 0 Å². The summed E-state index contributed by atoms with van der Waals surface area (Å²) in [5, 5.41) is 12.6. The van der Waals surface area contributed by atoms with Crippen LogP contribution in [0.2, 0.25) is 18.1 Å². The normalized spacial score (nSPS) is 29.8. The van der Waals surface area contributed by atoms with Gasteiger partial charge in [0.15, 0.2) is 8.32 Å². The first-order valence-corrected chi connectivity index (χ1v) is 11.0. The van der Waals surface area contributed by atoms with Crippen molar-refractivity contribution in [1.29, 1.82) is 0 Å². The lowest BCUT2D eigenvalue weighted by atomic mass is 10.2. The van der Waals surface area contributed by atoms with E-state index in [4.69, 9.17) is 9.16 Å². The number of imide groups is 1. The summed E-state index contributed by atoms with van der Waals surface area (Å²) in [5.41, 5.74) is 0. The number of carbonyl (C=O) groups excluding carboxylic acids is 2. The minimum Gasteiger partial charge on any atom is -0.414 e. The summed E-state index contributed by atoms with van der Waals surface area (Å²) >= 11 is 0. The molecule has 0 aromatic rings. The lowest BCUT2D eigenvalue weighted by molar-refractivity contribution is -0.123. The second-order valence-corrected chi connectivity index (χ2v) is 12.6. The van der Waals surface area contributed by atoms with Crippen LogP contribution in [-0.4, -0.2) is 61.8 Å². The average Bonchev–Trinajstić information content (AvgIpc) is 2.76. The molecule has 132 valence electrons. The fourth-order valence-corrected chi connectivity index (χ4v) is 3.43. The summed E-state index contributed by atoms with van der Waals surface area (Å²) in [7, 11) is -1.91. The Morgan fingerprint density at radius 2 is 2.04 bits per heavy atom. The third-order valence-corrected chi connectivity index (χ3v) is 9.55. The van der Waals surface area contributed by atoms with Gasteiger partial charge < -0.3 is 14.3 Å². The van der Waals surface area contributed by atoms with Crippen molar-refractivity contribution >= 4 is 20.3 Å². The van der Waals surface area contributed by atoms with Crippen LogP contribution in [-0.2, 0) is 14.0 Å². The van der Waals surface area contributed by atoms with Crippen LogP contribution in [0.25, 0.3) is 0 Å². The predicted octanol–water partition coefficient (Wildman–Crippen LogP) is 1.43. The summed E-state index contributed by atoms with van der Waals surface area (Å²) in [6.45, 7) is 11.4. The number of rotatable bonds is 4. The molecule has 3 amide bonds. The van der Waals surface area contributed by atoms with Crippen LogP contribution in [0.1, 0.15) is 33.6 Å². The zero-order valence-electron chi connectivity index (χ0n) is 14.6. The number of nitrogens with zero attached hydrogens (tertiary/aromatic N) is 1. The van der Waals surface area contributed by atoms with Crippen LogP contribution in [0.3, 0.4) is 0 Å². The standard InChI is InChI=1S/C15H28N2O5Si/c1-15(2,3)23(4,5)21-9-11-10(18)8-13(22-11)17-7-6-12(19)16-14(17)20/h10-11,13,18H,6-9H2,1-5H3,(H,16,19,20)/t10-,11+,13+/m0/s1. The van der Waals surface area contributed by atoms with Crippen LogP contribution < -0.4 is 5.32 Å². The third-order valence-electron chi connectivity index (χ3n) is 5.05. The van der Waals surface area contributed by atoms with Gasteiger partial charge in [-0.05, 0) is 18.1 Å². The Morgan fingerprint density at radius 1 is 1.39 bits per heavy atom. The summed E-state index contributed by atoms with van der Waals surface area (Å²) in [6, 6.07) is -0.454. The summed E-state index contributed by atoms with van der Waals surface area (Å²) in [5.74, 6) is -0.275. The fourth-order valence-electron chi connectivity index (χ4n) is 2.42. The molecule has 0 radical (unpaired) electrons. The van der Waals surface area contributed by atoms with E-state index >= 15 is 0 Å². The predicted molar refractivity (Wildman–Crippen MR) is 87.3 cm³/mol. The molecule has 0 spiro atoms.